The van der Waals surface area contributed by atoms with Crippen LogP contribution < -0.4 is 10.2 Å². The van der Waals surface area contributed by atoms with Gasteiger partial charge in [-0.15, -0.1) is 0 Å². The fourth-order valence-electron chi connectivity index (χ4n) is 3.83. The van der Waals surface area contributed by atoms with Gasteiger partial charge in [0.1, 0.15) is 5.75 Å². The minimum absolute atomic E-state index is 0.126. The smallest absolute Gasteiger partial charge is 0.429 e. The van der Waals surface area contributed by atoms with Crippen LogP contribution in [0, 0.1) is 34.6 Å². The number of halogens is 2. The van der Waals surface area contributed by atoms with Gasteiger partial charge in [0.25, 0.3) is 0 Å². The first-order valence-corrected chi connectivity index (χ1v) is 10.3. The van der Waals surface area contributed by atoms with E-state index in [-0.39, 0.29) is 11.3 Å². The molecule has 0 atom stereocenters. The van der Waals surface area contributed by atoms with Crippen LogP contribution in [0.1, 0.15) is 61.1 Å². The summed E-state index contributed by atoms with van der Waals surface area (Å²) in [7, 11) is -0.599. The van der Waals surface area contributed by atoms with Crippen LogP contribution in [0.2, 0.25) is 0 Å². The zero-order valence-corrected chi connectivity index (χ0v) is 19.4. The molecule has 0 N–H and O–H groups in total. The van der Waals surface area contributed by atoms with E-state index in [9.17, 15) is 0 Å². The molecule has 2 aromatic rings. The van der Waals surface area contributed by atoms with Crippen molar-refractivity contribution in [2.45, 2.75) is 79.6 Å². The molecule has 6 heteroatoms. The molecule has 0 unspecified atom stereocenters. The third kappa shape index (κ3) is 4.00. The first-order chi connectivity index (χ1) is 13.6. The molecule has 2 aromatic carbocycles. The van der Waals surface area contributed by atoms with Crippen LogP contribution in [-0.2, 0) is 15.4 Å². The van der Waals surface area contributed by atoms with Crippen LogP contribution in [0.4, 0.5) is 8.78 Å². The molecular formula is C24H31BF2O3. The number of rotatable bonds is 4. The lowest BCUT2D eigenvalue weighted by Gasteiger charge is -2.32. The van der Waals surface area contributed by atoms with Crippen LogP contribution >= 0.6 is 0 Å². The fraction of sp³-hybridized carbons (Fsp3) is 0.500. The lowest BCUT2D eigenvalue weighted by atomic mass is 9.76. The third-order valence-corrected chi connectivity index (χ3v) is 6.52. The van der Waals surface area contributed by atoms with Crippen LogP contribution in [0.3, 0.4) is 0 Å². The molecule has 1 fully saturated rings. The van der Waals surface area contributed by atoms with E-state index in [0.717, 1.165) is 22.2 Å². The predicted molar refractivity (Wildman–Crippen MR) is 117 cm³/mol. The Labute approximate surface area is 178 Å². The summed E-state index contributed by atoms with van der Waals surface area (Å²) in [4.78, 5) is 0. The van der Waals surface area contributed by atoms with Gasteiger partial charge in [-0.25, -0.2) is 0 Å². The van der Waals surface area contributed by atoms with Crippen molar-refractivity contribution in [1.82, 2.24) is 0 Å². The normalized spacial score (nSPS) is 18.0. The maximum absolute atomic E-state index is 15.2. The number of ether oxygens (including phenoxy) is 1. The lowest BCUT2D eigenvalue weighted by Crippen LogP contribution is -2.41. The molecule has 30 heavy (non-hydrogen) atoms. The minimum atomic E-state index is -3.46. The molecule has 1 heterocycles. The second-order valence-electron chi connectivity index (χ2n) is 9.42. The van der Waals surface area contributed by atoms with Crippen molar-refractivity contribution in [2.24, 2.45) is 0 Å². The lowest BCUT2D eigenvalue weighted by molar-refractivity contribution is -0.186. The summed E-state index contributed by atoms with van der Waals surface area (Å²) in [6.45, 7) is 17.0. The van der Waals surface area contributed by atoms with Crippen molar-refractivity contribution in [1.29, 1.82) is 0 Å². The Morgan fingerprint density at radius 3 is 1.63 bits per heavy atom. The molecule has 1 saturated heterocycles. The van der Waals surface area contributed by atoms with Crippen LogP contribution in [0.15, 0.2) is 24.3 Å². The monoisotopic (exact) mass is 416 g/mol. The molecule has 0 bridgehead atoms. The number of aryl methyl sites for hydroxylation is 4. The minimum Gasteiger partial charge on any atom is -0.429 e. The summed E-state index contributed by atoms with van der Waals surface area (Å²) in [5.74, 6) is 0.162. The Bertz CT molecular complexity index is 920. The van der Waals surface area contributed by atoms with Gasteiger partial charge in [-0.3, -0.25) is 0 Å². The molecule has 0 spiro atoms. The number of hydrogen-bond acceptors (Lipinski definition) is 3. The van der Waals surface area contributed by atoms with Gasteiger partial charge in [0.05, 0.1) is 16.8 Å². The quantitative estimate of drug-likeness (QED) is 0.603. The molecule has 0 aliphatic carbocycles. The van der Waals surface area contributed by atoms with E-state index >= 15 is 8.78 Å². The SMILES string of the molecule is Cc1cc(OC(F)(F)c2c(C)cc(B3OC(C)(C)C(C)(C)O3)cc2C)cc(C)c1C. The average Bonchev–Trinajstić information content (AvgIpc) is 2.79. The molecule has 0 radical (unpaired) electrons. The number of alkyl halides is 2. The second kappa shape index (κ2) is 7.35. The van der Waals surface area contributed by atoms with Crippen molar-refractivity contribution < 1.29 is 22.8 Å². The summed E-state index contributed by atoms with van der Waals surface area (Å²) in [5, 5.41) is 0. The molecule has 0 amide bonds. The number of hydrogen-bond donors (Lipinski definition) is 0. The van der Waals surface area contributed by atoms with E-state index in [1.165, 1.54) is 0 Å². The zero-order chi connectivity index (χ0) is 22.6. The van der Waals surface area contributed by atoms with E-state index in [2.05, 4.69) is 0 Å². The van der Waals surface area contributed by atoms with Gasteiger partial charge < -0.3 is 14.0 Å². The highest BCUT2D eigenvalue weighted by molar-refractivity contribution is 6.62. The van der Waals surface area contributed by atoms with E-state index in [1.807, 2.05) is 48.5 Å². The van der Waals surface area contributed by atoms with Crippen molar-refractivity contribution in [2.75, 3.05) is 0 Å². The summed E-state index contributed by atoms with van der Waals surface area (Å²) in [6, 6.07) is 6.71. The van der Waals surface area contributed by atoms with Crippen molar-refractivity contribution in [3.63, 3.8) is 0 Å². The Morgan fingerprint density at radius 2 is 1.20 bits per heavy atom. The van der Waals surface area contributed by atoms with Crippen molar-refractivity contribution in [3.05, 3.63) is 57.6 Å². The molecule has 162 valence electrons. The van der Waals surface area contributed by atoms with E-state index < -0.39 is 24.4 Å². The van der Waals surface area contributed by atoms with Gasteiger partial charge in [-0.05, 0) is 108 Å². The standard InChI is InChI=1S/C24H31BF2O3/c1-14-12-20(13-15(2)18(14)5)28-24(26,27)21-16(3)10-19(11-17(21)4)25-29-22(6,7)23(8,9)30-25/h10-13H,1-9H3. The molecule has 3 rings (SSSR count). The predicted octanol–water partition coefficient (Wildman–Crippen LogP) is 5.66. The largest absolute Gasteiger partial charge is 0.494 e. The highest BCUT2D eigenvalue weighted by atomic mass is 19.3. The Balaban J connectivity index is 1.93. The zero-order valence-electron chi connectivity index (χ0n) is 19.4. The molecule has 1 aliphatic rings. The van der Waals surface area contributed by atoms with Gasteiger partial charge in [0.2, 0.25) is 0 Å². The summed E-state index contributed by atoms with van der Waals surface area (Å²) in [5.41, 5.74) is 3.40. The Kier molecular flexibility index (Phi) is 5.57. The number of benzene rings is 2. The summed E-state index contributed by atoms with van der Waals surface area (Å²) >= 11 is 0. The van der Waals surface area contributed by atoms with Gasteiger partial charge in [0.15, 0.2) is 0 Å². The first-order valence-electron chi connectivity index (χ1n) is 10.3. The molecule has 1 aliphatic heterocycles. The molecule has 0 saturated carbocycles. The second-order valence-corrected chi connectivity index (χ2v) is 9.42. The van der Waals surface area contributed by atoms with Crippen LogP contribution in [0.25, 0.3) is 0 Å². The molecule has 3 nitrogen and oxygen atoms in total. The van der Waals surface area contributed by atoms with Crippen molar-refractivity contribution >= 4 is 12.6 Å². The van der Waals surface area contributed by atoms with Gasteiger partial charge >= 0.3 is 13.2 Å². The van der Waals surface area contributed by atoms with Crippen LogP contribution in [-0.4, -0.2) is 18.3 Å². The van der Waals surface area contributed by atoms with E-state index in [4.69, 9.17) is 14.0 Å². The first kappa shape index (κ1) is 22.8. The maximum atomic E-state index is 15.2. The summed E-state index contributed by atoms with van der Waals surface area (Å²) < 4.78 is 47.8. The van der Waals surface area contributed by atoms with Gasteiger partial charge in [-0.2, -0.15) is 8.78 Å². The van der Waals surface area contributed by atoms with Crippen LogP contribution in [0.5, 0.6) is 5.75 Å². The summed E-state index contributed by atoms with van der Waals surface area (Å²) in [6.07, 6.45) is -3.46. The maximum Gasteiger partial charge on any atom is 0.494 e. The van der Waals surface area contributed by atoms with Gasteiger partial charge in [0, 0.05) is 0 Å². The Morgan fingerprint density at radius 1 is 0.767 bits per heavy atom. The molecular weight excluding hydrogens is 385 g/mol. The van der Waals surface area contributed by atoms with Crippen molar-refractivity contribution in [3.8, 4) is 5.75 Å². The topological polar surface area (TPSA) is 27.7 Å². The third-order valence-electron chi connectivity index (χ3n) is 6.52. The van der Waals surface area contributed by atoms with E-state index in [1.54, 1.807) is 38.1 Å². The highest BCUT2D eigenvalue weighted by Gasteiger charge is 2.52. The fourth-order valence-corrected chi connectivity index (χ4v) is 3.83. The average molecular weight is 416 g/mol. The molecule has 0 aromatic heterocycles. The van der Waals surface area contributed by atoms with E-state index in [0.29, 0.717) is 11.1 Å². The highest BCUT2D eigenvalue weighted by Crippen LogP contribution is 2.39. The Hall–Kier alpha value is -1.92. The van der Waals surface area contributed by atoms with Gasteiger partial charge in [-0.1, -0.05) is 12.1 Å².